The quantitative estimate of drug-likeness (QED) is 0.738. The second-order valence-electron chi connectivity index (χ2n) is 4.79. The molecule has 128 valence electrons. The second kappa shape index (κ2) is 8.36. The molecule has 4 nitrogen and oxygen atoms in total. The number of anilines is 2. The molecule has 0 unspecified atom stereocenters. The van der Waals surface area contributed by atoms with Gasteiger partial charge in [0, 0.05) is 0 Å². The Labute approximate surface area is 149 Å². The number of hydrogen-bond acceptors (Lipinski definition) is 5. The van der Waals surface area contributed by atoms with Crippen LogP contribution in [0.15, 0.2) is 29.2 Å². The number of para-hydroxylation sites is 2. The molecule has 2 aromatic rings. The number of ether oxygens (including phenoxy) is 1. The van der Waals surface area contributed by atoms with Crippen LogP contribution in [0.25, 0.3) is 0 Å². The van der Waals surface area contributed by atoms with Crippen molar-refractivity contribution in [3.63, 3.8) is 0 Å². The third kappa shape index (κ3) is 3.67. The molecule has 0 radical (unpaired) electrons. The molecule has 0 aliphatic rings. The molecule has 0 atom stereocenters. The summed E-state index contributed by atoms with van der Waals surface area (Å²) in [5, 5.41) is 21.0. The summed E-state index contributed by atoms with van der Waals surface area (Å²) in [5.74, 6) is -0.916. The number of thioether (sulfide) groups is 1. The van der Waals surface area contributed by atoms with Crippen LogP contribution in [-0.4, -0.2) is 12.4 Å². The minimum Gasteiger partial charge on any atom is -0.492 e. The standard InChI is InChI=1S/C18H15F2N3OS/c1-3-24-14-8-6-5-7-13(14)23-17-15(19)11(9-21)12(10-22)16(20)18(17)25-4-2/h5-8,23H,3-4H2,1-2H3. The Morgan fingerprint density at radius 3 is 2.32 bits per heavy atom. The van der Waals surface area contributed by atoms with E-state index in [-0.39, 0.29) is 10.6 Å². The number of nitrogens with one attached hydrogen (secondary N) is 1. The maximum atomic E-state index is 14.8. The van der Waals surface area contributed by atoms with E-state index in [1.54, 1.807) is 43.3 Å². The van der Waals surface area contributed by atoms with Gasteiger partial charge in [0.05, 0.1) is 22.9 Å². The molecule has 0 spiro atoms. The zero-order valence-corrected chi connectivity index (χ0v) is 14.5. The average Bonchev–Trinajstić information content (AvgIpc) is 2.62. The Balaban J connectivity index is 2.67. The summed E-state index contributed by atoms with van der Waals surface area (Å²) in [5.41, 5.74) is -0.933. The van der Waals surface area contributed by atoms with E-state index in [4.69, 9.17) is 15.3 Å². The fraction of sp³-hybridized carbons (Fsp3) is 0.222. The number of benzene rings is 2. The lowest BCUT2D eigenvalue weighted by molar-refractivity contribution is 0.342. The fourth-order valence-corrected chi connectivity index (χ4v) is 3.06. The topological polar surface area (TPSA) is 68.8 Å². The average molecular weight is 359 g/mol. The molecular formula is C18H15F2N3OS. The Morgan fingerprint density at radius 1 is 1.08 bits per heavy atom. The van der Waals surface area contributed by atoms with Crippen LogP contribution in [0.4, 0.5) is 20.2 Å². The lowest BCUT2D eigenvalue weighted by atomic mass is 10.1. The summed E-state index contributed by atoms with van der Waals surface area (Å²) in [7, 11) is 0. The maximum Gasteiger partial charge on any atom is 0.167 e. The van der Waals surface area contributed by atoms with Crippen molar-refractivity contribution in [2.75, 3.05) is 17.7 Å². The van der Waals surface area contributed by atoms with Crippen molar-refractivity contribution in [1.82, 2.24) is 0 Å². The number of nitriles is 2. The number of halogens is 2. The molecule has 0 saturated carbocycles. The zero-order chi connectivity index (χ0) is 18.4. The Hall–Kier alpha value is -2.77. The lowest BCUT2D eigenvalue weighted by Gasteiger charge is -2.17. The van der Waals surface area contributed by atoms with Crippen molar-refractivity contribution in [2.45, 2.75) is 18.7 Å². The van der Waals surface area contributed by atoms with E-state index in [0.29, 0.717) is 23.8 Å². The van der Waals surface area contributed by atoms with Crippen LogP contribution in [0.1, 0.15) is 25.0 Å². The molecule has 0 heterocycles. The molecule has 0 aliphatic carbocycles. The summed E-state index contributed by atoms with van der Waals surface area (Å²) >= 11 is 1.05. The van der Waals surface area contributed by atoms with Crippen LogP contribution in [-0.2, 0) is 0 Å². The summed E-state index contributed by atoms with van der Waals surface area (Å²) in [6.45, 7) is 4.00. The van der Waals surface area contributed by atoms with Gasteiger partial charge in [0.25, 0.3) is 0 Å². The molecule has 0 aromatic heterocycles. The highest BCUT2D eigenvalue weighted by atomic mass is 32.2. The Morgan fingerprint density at radius 2 is 1.72 bits per heavy atom. The molecule has 1 N–H and O–H groups in total. The highest BCUT2D eigenvalue weighted by Crippen LogP contribution is 2.39. The second-order valence-corrected chi connectivity index (χ2v) is 6.07. The number of hydrogen-bond donors (Lipinski definition) is 1. The van der Waals surface area contributed by atoms with Crippen LogP contribution in [0.3, 0.4) is 0 Å². The van der Waals surface area contributed by atoms with Gasteiger partial charge in [-0.3, -0.25) is 0 Å². The molecule has 0 amide bonds. The smallest absolute Gasteiger partial charge is 0.167 e. The van der Waals surface area contributed by atoms with E-state index in [9.17, 15) is 8.78 Å². The van der Waals surface area contributed by atoms with Crippen molar-refractivity contribution >= 4 is 23.1 Å². The van der Waals surface area contributed by atoms with E-state index >= 15 is 0 Å². The maximum absolute atomic E-state index is 14.8. The highest BCUT2D eigenvalue weighted by molar-refractivity contribution is 7.99. The van der Waals surface area contributed by atoms with Gasteiger partial charge >= 0.3 is 0 Å². The number of rotatable bonds is 6. The van der Waals surface area contributed by atoms with Crippen LogP contribution < -0.4 is 10.1 Å². The van der Waals surface area contributed by atoms with Crippen LogP contribution in [0.2, 0.25) is 0 Å². The normalized spacial score (nSPS) is 10.0. The van der Waals surface area contributed by atoms with Gasteiger partial charge < -0.3 is 10.1 Å². The first kappa shape index (κ1) is 18.6. The predicted octanol–water partition coefficient (Wildman–Crippen LogP) is 4.96. The first-order valence-corrected chi connectivity index (χ1v) is 8.54. The SMILES string of the molecule is CCOc1ccccc1Nc1c(F)c(C#N)c(C#N)c(F)c1SCC. The first-order valence-electron chi connectivity index (χ1n) is 7.55. The molecule has 0 aliphatic heterocycles. The molecular weight excluding hydrogens is 344 g/mol. The lowest BCUT2D eigenvalue weighted by Crippen LogP contribution is -2.06. The van der Waals surface area contributed by atoms with Gasteiger partial charge in [-0.2, -0.15) is 10.5 Å². The Kier molecular flexibility index (Phi) is 6.21. The molecule has 2 aromatic carbocycles. The predicted molar refractivity (Wildman–Crippen MR) is 93.1 cm³/mol. The van der Waals surface area contributed by atoms with E-state index in [2.05, 4.69) is 5.32 Å². The van der Waals surface area contributed by atoms with Gasteiger partial charge in [-0.1, -0.05) is 19.1 Å². The van der Waals surface area contributed by atoms with Gasteiger partial charge in [0.2, 0.25) is 0 Å². The molecule has 7 heteroatoms. The minimum atomic E-state index is -0.956. The van der Waals surface area contributed by atoms with Gasteiger partial charge in [-0.15, -0.1) is 11.8 Å². The fourth-order valence-electron chi connectivity index (χ4n) is 2.25. The molecule has 2 rings (SSSR count). The Bertz CT molecular complexity index is 872. The van der Waals surface area contributed by atoms with Crippen LogP contribution in [0.5, 0.6) is 5.75 Å². The molecule has 0 fully saturated rings. The summed E-state index contributed by atoms with van der Waals surface area (Å²) < 4.78 is 35.0. The first-order chi connectivity index (χ1) is 12.1. The largest absolute Gasteiger partial charge is 0.492 e. The van der Waals surface area contributed by atoms with Crippen molar-refractivity contribution in [2.24, 2.45) is 0 Å². The van der Waals surface area contributed by atoms with E-state index in [1.165, 1.54) is 0 Å². The summed E-state index contributed by atoms with van der Waals surface area (Å²) in [6.07, 6.45) is 0. The molecule has 0 saturated heterocycles. The van der Waals surface area contributed by atoms with Crippen molar-refractivity contribution < 1.29 is 13.5 Å². The minimum absolute atomic E-state index is 0.0400. The van der Waals surface area contributed by atoms with Gasteiger partial charge in [-0.25, -0.2) is 8.78 Å². The number of nitrogens with zero attached hydrogens (tertiary/aromatic N) is 2. The third-order valence-electron chi connectivity index (χ3n) is 3.29. The van der Waals surface area contributed by atoms with Gasteiger partial charge in [-0.05, 0) is 24.8 Å². The van der Waals surface area contributed by atoms with Crippen molar-refractivity contribution in [3.05, 3.63) is 47.0 Å². The zero-order valence-electron chi connectivity index (χ0n) is 13.7. The van der Waals surface area contributed by atoms with Crippen LogP contribution >= 0.6 is 11.8 Å². The summed E-state index contributed by atoms with van der Waals surface area (Å²) in [4.78, 5) is -0.0400. The van der Waals surface area contributed by atoms with Gasteiger partial charge in [0.15, 0.2) is 11.6 Å². The van der Waals surface area contributed by atoms with E-state index < -0.39 is 22.8 Å². The molecule has 0 bridgehead atoms. The van der Waals surface area contributed by atoms with E-state index in [0.717, 1.165) is 11.8 Å². The van der Waals surface area contributed by atoms with Gasteiger partial charge in [0.1, 0.15) is 29.0 Å². The summed E-state index contributed by atoms with van der Waals surface area (Å²) in [6, 6.07) is 9.98. The third-order valence-corrected chi connectivity index (χ3v) is 4.25. The monoisotopic (exact) mass is 359 g/mol. The van der Waals surface area contributed by atoms with Crippen molar-refractivity contribution in [1.29, 1.82) is 10.5 Å². The van der Waals surface area contributed by atoms with E-state index in [1.807, 2.05) is 6.92 Å². The van der Waals surface area contributed by atoms with Crippen molar-refractivity contribution in [3.8, 4) is 17.9 Å². The van der Waals surface area contributed by atoms with Crippen LogP contribution in [0, 0.1) is 34.3 Å². The highest BCUT2D eigenvalue weighted by Gasteiger charge is 2.25. The molecule has 25 heavy (non-hydrogen) atoms.